The highest BCUT2D eigenvalue weighted by atomic mass is 35.5. The maximum absolute atomic E-state index is 12.6. The zero-order chi connectivity index (χ0) is 14.3. The van der Waals surface area contributed by atoms with E-state index in [0.29, 0.717) is 21.8 Å². The lowest BCUT2D eigenvalue weighted by molar-refractivity contribution is 0.475. The summed E-state index contributed by atoms with van der Waals surface area (Å²) in [7, 11) is 0. The van der Waals surface area contributed by atoms with Gasteiger partial charge in [0.2, 0.25) is 0 Å². The van der Waals surface area contributed by atoms with Crippen molar-refractivity contribution in [3.63, 3.8) is 0 Å². The van der Waals surface area contributed by atoms with Crippen LogP contribution >= 0.6 is 23.2 Å². The number of aromatic amines is 1. The van der Waals surface area contributed by atoms with E-state index in [1.54, 1.807) is 12.1 Å². The molecule has 1 aromatic carbocycles. The van der Waals surface area contributed by atoms with E-state index in [0.717, 1.165) is 0 Å². The second kappa shape index (κ2) is 4.88. The Labute approximate surface area is 121 Å². The number of fused-ring (bicyclic) bond motifs is 1. The van der Waals surface area contributed by atoms with Gasteiger partial charge in [-0.05, 0) is 12.1 Å². The molecule has 3 rings (SSSR count). The number of benzene rings is 1. The largest absolute Gasteiger partial charge is 0.417 e. The number of halogens is 3. The van der Waals surface area contributed by atoms with E-state index in [-0.39, 0.29) is 16.4 Å². The van der Waals surface area contributed by atoms with E-state index in [2.05, 4.69) is 15.0 Å². The average Bonchev–Trinajstić information content (AvgIpc) is 2.81. The van der Waals surface area contributed by atoms with E-state index in [9.17, 15) is 9.18 Å². The van der Waals surface area contributed by atoms with Crippen molar-refractivity contribution < 1.29 is 8.81 Å². The van der Waals surface area contributed by atoms with Crippen LogP contribution in [0.2, 0.25) is 10.2 Å². The van der Waals surface area contributed by atoms with Crippen molar-refractivity contribution in [2.24, 2.45) is 0 Å². The molecule has 0 aliphatic rings. The van der Waals surface area contributed by atoms with Gasteiger partial charge in [0.1, 0.15) is 17.9 Å². The lowest BCUT2D eigenvalue weighted by atomic mass is 10.1. The van der Waals surface area contributed by atoms with Crippen LogP contribution in [0.25, 0.3) is 22.4 Å². The molecule has 2 heterocycles. The van der Waals surface area contributed by atoms with Crippen molar-refractivity contribution in [3.05, 3.63) is 44.7 Å². The highest BCUT2D eigenvalue weighted by molar-refractivity contribution is 6.35. The maximum Gasteiger partial charge on any atom is 0.417 e. The number of nitrogens with zero attached hydrogens (tertiary/aromatic N) is 2. The number of rotatable bonds is 2. The Bertz CT molecular complexity index is 860. The van der Waals surface area contributed by atoms with Crippen molar-refractivity contribution in [3.8, 4) is 11.3 Å². The van der Waals surface area contributed by atoms with Crippen LogP contribution in [-0.2, 0) is 6.67 Å². The topological polar surface area (TPSA) is 71.8 Å². The predicted octanol–water partition coefficient (Wildman–Crippen LogP) is 3.35. The van der Waals surface area contributed by atoms with Gasteiger partial charge in [0, 0.05) is 5.56 Å². The Morgan fingerprint density at radius 3 is 2.85 bits per heavy atom. The van der Waals surface area contributed by atoms with Crippen molar-refractivity contribution in [2.75, 3.05) is 0 Å². The van der Waals surface area contributed by atoms with Crippen LogP contribution in [0.4, 0.5) is 4.39 Å². The van der Waals surface area contributed by atoms with E-state index in [1.807, 2.05) is 0 Å². The lowest BCUT2D eigenvalue weighted by Gasteiger charge is -2.04. The van der Waals surface area contributed by atoms with Crippen LogP contribution in [0.15, 0.2) is 27.5 Å². The summed E-state index contributed by atoms with van der Waals surface area (Å²) in [5.41, 5.74) is 1.51. The Morgan fingerprint density at radius 2 is 2.15 bits per heavy atom. The maximum atomic E-state index is 12.6. The highest BCUT2D eigenvalue weighted by Crippen LogP contribution is 2.31. The fourth-order valence-electron chi connectivity index (χ4n) is 1.81. The first-order valence-corrected chi connectivity index (χ1v) is 6.25. The third kappa shape index (κ3) is 2.07. The van der Waals surface area contributed by atoms with Gasteiger partial charge in [0.15, 0.2) is 10.7 Å². The normalized spacial score (nSPS) is 11.2. The van der Waals surface area contributed by atoms with Crippen LogP contribution in [0.3, 0.4) is 0 Å². The summed E-state index contributed by atoms with van der Waals surface area (Å²) < 4.78 is 17.6. The van der Waals surface area contributed by atoms with Gasteiger partial charge in [-0.15, -0.1) is 0 Å². The minimum absolute atomic E-state index is 0.0361. The molecule has 0 aliphatic heterocycles. The van der Waals surface area contributed by atoms with Gasteiger partial charge in [0.05, 0.1) is 16.9 Å². The summed E-state index contributed by atoms with van der Waals surface area (Å²) in [6.45, 7) is -0.804. The van der Waals surface area contributed by atoms with E-state index >= 15 is 0 Å². The van der Waals surface area contributed by atoms with Crippen molar-refractivity contribution >= 4 is 34.3 Å². The van der Waals surface area contributed by atoms with Crippen LogP contribution in [0.1, 0.15) is 5.69 Å². The minimum Gasteiger partial charge on any atom is -0.407 e. The monoisotopic (exact) mass is 313 g/mol. The number of alkyl halides is 1. The van der Waals surface area contributed by atoms with Crippen LogP contribution < -0.4 is 5.76 Å². The van der Waals surface area contributed by atoms with Crippen molar-refractivity contribution in [1.29, 1.82) is 0 Å². The van der Waals surface area contributed by atoms with Gasteiger partial charge < -0.3 is 4.42 Å². The van der Waals surface area contributed by atoms with Gasteiger partial charge in [0.25, 0.3) is 0 Å². The molecule has 102 valence electrons. The zero-order valence-electron chi connectivity index (χ0n) is 9.78. The Morgan fingerprint density at radius 1 is 1.35 bits per heavy atom. The predicted molar refractivity (Wildman–Crippen MR) is 72.7 cm³/mol. The molecule has 20 heavy (non-hydrogen) atoms. The molecule has 5 nitrogen and oxygen atoms in total. The van der Waals surface area contributed by atoms with E-state index < -0.39 is 12.4 Å². The average molecular weight is 314 g/mol. The molecule has 0 saturated carbocycles. The number of hydrogen-bond acceptors (Lipinski definition) is 4. The first-order chi connectivity index (χ1) is 9.60. The molecule has 0 fully saturated rings. The number of hydrogen-bond donors (Lipinski definition) is 1. The Balaban J connectivity index is 2.27. The summed E-state index contributed by atoms with van der Waals surface area (Å²) in [6.07, 6.45) is 1.36. The van der Waals surface area contributed by atoms with Gasteiger partial charge in [-0.25, -0.2) is 14.2 Å². The molecule has 0 saturated heterocycles. The standard InChI is InChI=1S/C12H6Cl2FN3O2/c13-6-2-1-5(10-9(6)18-12(19)20-10)8-4-16-7(3-15)11(14)17-8/h1-2,4H,3H2,(H,18,19). The summed E-state index contributed by atoms with van der Waals surface area (Å²) in [6, 6.07) is 3.21. The molecule has 8 heteroatoms. The van der Waals surface area contributed by atoms with Crippen molar-refractivity contribution in [1.82, 2.24) is 15.0 Å². The summed E-state index contributed by atoms with van der Waals surface area (Å²) in [4.78, 5) is 21.7. The molecule has 0 amide bonds. The third-order valence-electron chi connectivity index (χ3n) is 2.73. The first-order valence-electron chi connectivity index (χ1n) is 5.49. The van der Waals surface area contributed by atoms with Gasteiger partial charge in [-0.1, -0.05) is 23.2 Å². The molecule has 0 aliphatic carbocycles. The van der Waals surface area contributed by atoms with Crippen molar-refractivity contribution in [2.45, 2.75) is 6.67 Å². The lowest BCUT2D eigenvalue weighted by Crippen LogP contribution is -1.94. The van der Waals surface area contributed by atoms with Gasteiger partial charge >= 0.3 is 5.76 Å². The third-order valence-corrected chi connectivity index (χ3v) is 3.35. The smallest absolute Gasteiger partial charge is 0.407 e. The second-order valence-corrected chi connectivity index (χ2v) is 4.71. The SMILES string of the molecule is O=c1[nH]c2c(Cl)ccc(-c3cnc(CF)c(Cl)n3)c2o1. The number of aromatic nitrogens is 3. The summed E-state index contributed by atoms with van der Waals surface area (Å²) >= 11 is 11.8. The molecular formula is C12H6Cl2FN3O2. The summed E-state index contributed by atoms with van der Waals surface area (Å²) in [5.74, 6) is -0.631. The number of nitrogens with one attached hydrogen (secondary N) is 1. The van der Waals surface area contributed by atoms with Crippen LogP contribution in [0.5, 0.6) is 0 Å². The molecule has 0 spiro atoms. The van der Waals surface area contributed by atoms with Gasteiger partial charge in [-0.3, -0.25) is 9.97 Å². The van der Waals surface area contributed by atoms with Crippen LogP contribution in [-0.4, -0.2) is 15.0 Å². The second-order valence-electron chi connectivity index (χ2n) is 3.94. The first kappa shape index (κ1) is 13.1. The molecule has 3 aromatic rings. The molecule has 2 aromatic heterocycles. The number of H-pyrrole nitrogens is 1. The van der Waals surface area contributed by atoms with E-state index in [4.69, 9.17) is 27.6 Å². The molecular weight excluding hydrogens is 308 g/mol. The molecule has 0 unspecified atom stereocenters. The summed E-state index contributed by atoms with van der Waals surface area (Å²) in [5, 5.41) is 0.306. The van der Waals surface area contributed by atoms with E-state index in [1.165, 1.54) is 6.20 Å². The molecule has 1 N–H and O–H groups in total. The van der Waals surface area contributed by atoms with Gasteiger partial charge in [-0.2, -0.15) is 0 Å². The zero-order valence-corrected chi connectivity index (χ0v) is 11.3. The van der Waals surface area contributed by atoms with Crippen LogP contribution in [0, 0.1) is 0 Å². The highest BCUT2D eigenvalue weighted by Gasteiger charge is 2.15. The molecule has 0 bridgehead atoms. The quantitative estimate of drug-likeness (QED) is 0.787. The Hall–Kier alpha value is -1.92. The molecule has 0 radical (unpaired) electrons. The molecule has 0 atom stereocenters. The number of oxazole rings is 1. The Kier molecular flexibility index (Phi) is 3.19. The fourth-order valence-corrected chi connectivity index (χ4v) is 2.20. The minimum atomic E-state index is -0.804. The fraction of sp³-hybridized carbons (Fsp3) is 0.0833.